The Bertz CT molecular complexity index is 1140. The number of aryl methyl sites for hydroxylation is 1. The zero-order valence-electron chi connectivity index (χ0n) is 16.7. The average molecular weight is 418 g/mol. The fourth-order valence-corrected chi connectivity index (χ4v) is 2.71. The molecular weight excluding hydrogens is 398 g/mol. The van der Waals surface area contributed by atoms with E-state index in [1.54, 1.807) is 48.6 Å². The molecule has 0 fully saturated rings. The standard InChI is InChI=1S/C25H20F2N2O2/c1-17-2-13-22(28-24(30)14-7-18-3-9-20(26)10-4-18)23(16-17)29-25(31)15-8-19-5-11-21(27)12-6-19/h2-16H,1H3,(H,28,30)(H,29,31). The first-order chi connectivity index (χ1) is 14.9. The lowest BCUT2D eigenvalue weighted by Gasteiger charge is -2.11. The molecule has 4 nitrogen and oxygen atoms in total. The van der Waals surface area contributed by atoms with E-state index in [0.29, 0.717) is 22.5 Å². The lowest BCUT2D eigenvalue weighted by Crippen LogP contribution is -2.13. The van der Waals surface area contributed by atoms with Gasteiger partial charge in [-0.05, 0) is 72.2 Å². The second-order valence-electron chi connectivity index (χ2n) is 6.80. The highest BCUT2D eigenvalue weighted by Gasteiger charge is 2.08. The summed E-state index contributed by atoms with van der Waals surface area (Å²) in [4.78, 5) is 24.6. The summed E-state index contributed by atoms with van der Waals surface area (Å²) >= 11 is 0. The van der Waals surface area contributed by atoms with Crippen LogP contribution in [0.4, 0.5) is 20.2 Å². The maximum atomic E-state index is 13.0. The summed E-state index contributed by atoms with van der Waals surface area (Å²) in [6, 6.07) is 16.7. The second kappa shape index (κ2) is 10.1. The van der Waals surface area contributed by atoms with Gasteiger partial charge in [-0.2, -0.15) is 0 Å². The maximum Gasteiger partial charge on any atom is 0.248 e. The molecule has 3 aromatic rings. The van der Waals surface area contributed by atoms with Gasteiger partial charge in [-0.1, -0.05) is 30.3 Å². The van der Waals surface area contributed by atoms with Gasteiger partial charge in [0.15, 0.2) is 0 Å². The summed E-state index contributed by atoms with van der Waals surface area (Å²) in [5.41, 5.74) is 3.14. The van der Waals surface area contributed by atoms with Crippen molar-refractivity contribution in [2.75, 3.05) is 10.6 Å². The van der Waals surface area contributed by atoms with E-state index < -0.39 is 11.8 Å². The van der Waals surface area contributed by atoms with Crippen molar-refractivity contribution in [3.63, 3.8) is 0 Å². The van der Waals surface area contributed by atoms with Crippen LogP contribution in [0.3, 0.4) is 0 Å². The van der Waals surface area contributed by atoms with Gasteiger partial charge in [-0.25, -0.2) is 8.78 Å². The molecule has 0 aromatic heterocycles. The number of halogens is 2. The first-order valence-electron chi connectivity index (χ1n) is 9.49. The molecule has 0 saturated heterocycles. The number of anilines is 2. The Morgan fingerprint density at radius 2 is 1.13 bits per heavy atom. The fraction of sp³-hybridized carbons (Fsp3) is 0.0400. The van der Waals surface area contributed by atoms with Crippen molar-refractivity contribution < 1.29 is 18.4 Å². The third kappa shape index (κ3) is 6.75. The normalized spacial score (nSPS) is 11.1. The minimum atomic E-state index is -0.398. The molecular formula is C25H20F2N2O2. The molecule has 2 amide bonds. The third-order valence-electron chi connectivity index (χ3n) is 4.29. The molecule has 0 bridgehead atoms. The molecule has 6 heteroatoms. The van der Waals surface area contributed by atoms with Gasteiger partial charge in [0.2, 0.25) is 11.8 Å². The Morgan fingerprint density at radius 3 is 1.61 bits per heavy atom. The zero-order valence-corrected chi connectivity index (χ0v) is 16.7. The van der Waals surface area contributed by atoms with Crippen LogP contribution in [-0.2, 0) is 9.59 Å². The second-order valence-corrected chi connectivity index (χ2v) is 6.80. The predicted molar refractivity (Wildman–Crippen MR) is 119 cm³/mol. The monoisotopic (exact) mass is 418 g/mol. The quantitative estimate of drug-likeness (QED) is 0.514. The molecule has 0 aliphatic heterocycles. The average Bonchev–Trinajstić information content (AvgIpc) is 2.75. The first kappa shape index (κ1) is 21.6. The van der Waals surface area contributed by atoms with Crippen molar-refractivity contribution in [1.29, 1.82) is 0 Å². The first-order valence-corrected chi connectivity index (χ1v) is 9.49. The number of rotatable bonds is 6. The molecule has 0 aliphatic rings. The van der Waals surface area contributed by atoms with Crippen LogP contribution in [0.15, 0.2) is 78.9 Å². The van der Waals surface area contributed by atoms with Gasteiger partial charge >= 0.3 is 0 Å². The summed E-state index contributed by atoms with van der Waals surface area (Å²) in [6.45, 7) is 1.87. The molecule has 156 valence electrons. The molecule has 3 rings (SSSR count). The van der Waals surface area contributed by atoms with Crippen LogP contribution >= 0.6 is 0 Å². The van der Waals surface area contributed by atoms with E-state index in [4.69, 9.17) is 0 Å². The number of carbonyl (C=O) groups is 2. The summed E-state index contributed by atoms with van der Waals surface area (Å²) in [6.07, 6.45) is 5.78. The minimum absolute atomic E-state index is 0.352. The molecule has 0 radical (unpaired) electrons. The molecule has 0 spiro atoms. The van der Waals surface area contributed by atoms with Gasteiger partial charge in [0, 0.05) is 12.2 Å². The third-order valence-corrected chi connectivity index (χ3v) is 4.29. The molecule has 3 aromatic carbocycles. The number of nitrogens with one attached hydrogen (secondary N) is 2. The van der Waals surface area contributed by atoms with Crippen LogP contribution < -0.4 is 10.6 Å². The summed E-state index contributed by atoms with van der Waals surface area (Å²) in [5.74, 6) is -1.50. The molecule has 0 heterocycles. The van der Waals surface area contributed by atoms with Gasteiger partial charge in [0.1, 0.15) is 11.6 Å². The Balaban J connectivity index is 1.68. The molecule has 0 atom stereocenters. The van der Waals surface area contributed by atoms with E-state index in [2.05, 4.69) is 10.6 Å². The minimum Gasteiger partial charge on any atom is -0.321 e. The Morgan fingerprint density at radius 1 is 0.677 bits per heavy atom. The number of amides is 2. The van der Waals surface area contributed by atoms with Crippen molar-refractivity contribution in [2.24, 2.45) is 0 Å². The van der Waals surface area contributed by atoms with Gasteiger partial charge in [-0.15, -0.1) is 0 Å². The fourth-order valence-electron chi connectivity index (χ4n) is 2.71. The van der Waals surface area contributed by atoms with Crippen molar-refractivity contribution in [1.82, 2.24) is 0 Å². The van der Waals surface area contributed by atoms with Gasteiger partial charge in [-0.3, -0.25) is 9.59 Å². The van der Waals surface area contributed by atoms with Crippen LogP contribution in [-0.4, -0.2) is 11.8 Å². The van der Waals surface area contributed by atoms with E-state index in [9.17, 15) is 18.4 Å². The molecule has 2 N–H and O–H groups in total. The zero-order chi connectivity index (χ0) is 22.2. The highest BCUT2D eigenvalue weighted by Crippen LogP contribution is 2.23. The largest absolute Gasteiger partial charge is 0.321 e. The highest BCUT2D eigenvalue weighted by atomic mass is 19.1. The lowest BCUT2D eigenvalue weighted by molar-refractivity contribution is -0.112. The van der Waals surface area contributed by atoms with Crippen LogP contribution in [0.5, 0.6) is 0 Å². The van der Waals surface area contributed by atoms with Crippen LogP contribution in [0.1, 0.15) is 16.7 Å². The number of hydrogen-bond acceptors (Lipinski definition) is 2. The van der Waals surface area contributed by atoms with Crippen LogP contribution in [0.25, 0.3) is 12.2 Å². The van der Waals surface area contributed by atoms with E-state index in [-0.39, 0.29) is 11.6 Å². The molecule has 31 heavy (non-hydrogen) atoms. The van der Waals surface area contributed by atoms with Gasteiger partial charge in [0.25, 0.3) is 0 Å². The number of benzene rings is 3. The van der Waals surface area contributed by atoms with Crippen LogP contribution in [0.2, 0.25) is 0 Å². The topological polar surface area (TPSA) is 58.2 Å². The van der Waals surface area contributed by atoms with Crippen molar-refractivity contribution in [2.45, 2.75) is 6.92 Å². The van der Waals surface area contributed by atoms with Crippen molar-refractivity contribution in [3.8, 4) is 0 Å². The summed E-state index contributed by atoms with van der Waals surface area (Å²) < 4.78 is 25.9. The highest BCUT2D eigenvalue weighted by molar-refractivity contribution is 6.08. The molecule has 0 aliphatic carbocycles. The Kier molecular flexibility index (Phi) is 7.06. The summed E-state index contributed by atoms with van der Waals surface area (Å²) in [7, 11) is 0. The Labute approximate surface area is 178 Å². The lowest BCUT2D eigenvalue weighted by atomic mass is 10.1. The maximum absolute atomic E-state index is 13.0. The van der Waals surface area contributed by atoms with Gasteiger partial charge in [0.05, 0.1) is 11.4 Å². The summed E-state index contributed by atoms with van der Waals surface area (Å²) in [5, 5.41) is 5.46. The smallest absolute Gasteiger partial charge is 0.248 e. The van der Waals surface area contributed by atoms with E-state index in [1.165, 1.54) is 36.4 Å². The molecule has 0 unspecified atom stereocenters. The van der Waals surface area contributed by atoms with Gasteiger partial charge < -0.3 is 10.6 Å². The van der Waals surface area contributed by atoms with Crippen LogP contribution in [0, 0.1) is 18.6 Å². The number of hydrogen-bond donors (Lipinski definition) is 2. The molecule has 0 saturated carbocycles. The van der Waals surface area contributed by atoms with E-state index >= 15 is 0 Å². The van der Waals surface area contributed by atoms with Crippen molar-refractivity contribution >= 4 is 35.3 Å². The number of carbonyl (C=O) groups excluding carboxylic acids is 2. The Hall–Kier alpha value is -4.06. The predicted octanol–water partition coefficient (Wildman–Crippen LogP) is 5.58. The van der Waals surface area contributed by atoms with Crippen molar-refractivity contribution in [3.05, 3.63) is 107 Å². The SMILES string of the molecule is Cc1ccc(NC(=O)C=Cc2ccc(F)cc2)c(NC(=O)C=Cc2ccc(F)cc2)c1. The van der Waals surface area contributed by atoms with E-state index in [0.717, 1.165) is 5.56 Å². The van der Waals surface area contributed by atoms with E-state index in [1.807, 2.05) is 13.0 Å².